The van der Waals surface area contributed by atoms with Crippen molar-refractivity contribution in [2.24, 2.45) is 0 Å². The van der Waals surface area contributed by atoms with Gasteiger partial charge in [0.05, 0.1) is 12.2 Å². The highest BCUT2D eigenvalue weighted by atomic mass is 32.2. The second-order valence-electron chi connectivity index (χ2n) is 6.53. The molecule has 2 heterocycles. The second kappa shape index (κ2) is 9.32. The van der Waals surface area contributed by atoms with Crippen LogP contribution in [0.25, 0.3) is 0 Å². The van der Waals surface area contributed by atoms with Gasteiger partial charge in [-0.15, -0.1) is 0 Å². The zero-order chi connectivity index (χ0) is 19.9. The molecule has 1 N–H and O–H groups in total. The number of amides is 1. The van der Waals surface area contributed by atoms with Crippen molar-refractivity contribution in [3.05, 3.63) is 77.2 Å². The van der Waals surface area contributed by atoms with Crippen molar-refractivity contribution in [1.29, 1.82) is 0 Å². The van der Waals surface area contributed by atoms with Gasteiger partial charge >= 0.3 is 0 Å². The number of carbonyl (C=O) groups is 1. The van der Waals surface area contributed by atoms with Crippen LogP contribution < -0.4 is 10.2 Å². The summed E-state index contributed by atoms with van der Waals surface area (Å²) in [6, 6.07) is 15.2. The van der Waals surface area contributed by atoms with E-state index in [0.29, 0.717) is 12.1 Å². The Labute approximate surface area is 169 Å². The number of hydrogen-bond acceptors (Lipinski definition) is 6. The van der Waals surface area contributed by atoms with E-state index in [9.17, 15) is 4.79 Å². The first kappa shape index (κ1) is 19.8. The van der Waals surface area contributed by atoms with Gasteiger partial charge in [-0.25, -0.2) is 9.97 Å². The maximum atomic E-state index is 12.3. The first-order chi connectivity index (χ1) is 13.5. The summed E-state index contributed by atoms with van der Waals surface area (Å²) in [6.45, 7) is 2.38. The number of hydrogen-bond donors (Lipinski definition) is 1. The molecule has 1 aromatic carbocycles. The lowest BCUT2D eigenvalue weighted by atomic mass is 10.1. The molecule has 0 spiro atoms. The lowest BCUT2D eigenvalue weighted by Crippen LogP contribution is -2.23. The fourth-order valence-electron chi connectivity index (χ4n) is 2.49. The normalized spacial score (nSPS) is 10.5. The Bertz CT molecular complexity index is 929. The van der Waals surface area contributed by atoms with Gasteiger partial charge in [-0.3, -0.25) is 9.78 Å². The molecule has 0 aliphatic heterocycles. The first-order valence-electron chi connectivity index (χ1n) is 8.94. The SMILES string of the molecule is Cc1cc(N(C)C)nc(SCc2ccc(C(=O)NCc3ccccn3)cc2)n1. The molecular weight excluding hydrogens is 370 g/mol. The molecule has 28 heavy (non-hydrogen) atoms. The monoisotopic (exact) mass is 393 g/mol. The summed E-state index contributed by atoms with van der Waals surface area (Å²) in [6.07, 6.45) is 1.72. The molecule has 1 amide bonds. The van der Waals surface area contributed by atoms with Crippen LogP contribution in [0.15, 0.2) is 59.9 Å². The molecule has 3 rings (SSSR count). The Kier molecular flexibility index (Phi) is 6.60. The van der Waals surface area contributed by atoms with Crippen LogP contribution in [0.1, 0.15) is 27.3 Å². The van der Waals surface area contributed by atoms with Crippen molar-refractivity contribution < 1.29 is 4.79 Å². The molecule has 144 valence electrons. The number of nitrogens with one attached hydrogen (secondary N) is 1. The summed E-state index contributed by atoms with van der Waals surface area (Å²) in [5.74, 6) is 1.53. The van der Waals surface area contributed by atoms with Gasteiger partial charge in [-0.1, -0.05) is 30.0 Å². The fraction of sp³-hybridized carbons (Fsp3) is 0.238. The van der Waals surface area contributed by atoms with Crippen LogP contribution >= 0.6 is 11.8 Å². The summed E-state index contributed by atoms with van der Waals surface area (Å²) >= 11 is 1.58. The van der Waals surface area contributed by atoms with Gasteiger partial charge in [-0.2, -0.15) is 0 Å². The van der Waals surface area contributed by atoms with Crippen molar-refractivity contribution in [1.82, 2.24) is 20.3 Å². The van der Waals surface area contributed by atoms with Gasteiger partial charge in [-0.05, 0) is 36.8 Å². The van der Waals surface area contributed by atoms with Gasteiger partial charge in [0, 0.05) is 43.4 Å². The maximum absolute atomic E-state index is 12.3. The van der Waals surface area contributed by atoms with Gasteiger partial charge in [0.25, 0.3) is 5.91 Å². The minimum Gasteiger partial charge on any atom is -0.363 e. The molecule has 0 fully saturated rings. The van der Waals surface area contributed by atoms with E-state index in [2.05, 4.69) is 20.3 Å². The number of thioether (sulfide) groups is 1. The van der Waals surface area contributed by atoms with Crippen molar-refractivity contribution in [2.45, 2.75) is 24.4 Å². The third kappa shape index (κ3) is 5.53. The van der Waals surface area contributed by atoms with Crippen LogP contribution in [0.4, 0.5) is 5.82 Å². The van der Waals surface area contributed by atoms with Crippen LogP contribution in [0, 0.1) is 6.92 Å². The van der Waals surface area contributed by atoms with Crippen molar-refractivity contribution in [3.63, 3.8) is 0 Å². The average molecular weight is 394 g/mol. The van der Waals surface area contributed by atoms with E-state index in [4.69, 9.17) is 0 Å². The first-order valence-corrected chi connectivity index (χ1v) is 9.92. The third-order valence-corrected chi connectivity index (χ3v) is 4.94. The van der Waals surface area contributed by atoms with Gasteiger partial charge in [0.2, 0.25) is 0 Å². The summed E-state index contributed by atoms with van der Waals surface area (Å²) < 4.78 is 0. The van der Waals surface area contributed by atoms with E-state index in [1.807, 2.05) is 74.4 Å². The predicted octanol–water partition coefficient (Wildman–Crippen LogP) is 3.47. The van der Waals surface area contributed by atoms with E-state index in [1.54, 1.807) is 18.0 Å². The van der Waals surface area contributed by atoms with E-state index in [0.717, 1.165) is 33.7 Å². The van der Waals surface area contributed by atoms with E-state index in [1.165, 1.54) is 0 Å². The van der Waals surface area contributed by atoms with Crippen LogP contribution in [-0.2, 0) is 12.3 Å². The largest absolute Gasteiger partial charge is 0.363 e. The third-order valence-electron chi connectivity index (χ3n) is 4.02. The summed E-state index contributed by atoms with van der Waals surface area (Å²) in [5.41, 5.74) is 3.52. The lowest BCUT2D eigenvalue weighted by molar-refractivity contribution is 0.0950. The van der Waals surface area contributed by atoms with Crippen molar-refractivity contribution in [2.75, 3.05) is 19.0 Å². The van der Waals surface area contributed by atoms with Crippen LogP contribution in [0.3, 0.4) is 0 Å². The smallest absolute Gasteiger partial charge is 0.251 e. The Balaban J connectivity index is 1.56. The minimum atomic E-state index is -0.109. The Morgan fingerprint density at radius 2 is 1.89 bits per heavy atom. The Morgan fingerprint density at radius 3 is 2.57 bits per heavy atom. The number of carbonyl (C=O) groups excluding carboxylic acids is 1. The molecule has 0 aliphatic carbocycles. The topological polar surface area (TPSA) is 71.0 Å². The molecule has 0 saturated heterocycles. The van der Waals surface area contributed by atoms with Crippen LogP contribution in [0.2, 0.25) is 0 Å². The molecule has 0 radical (unpaired) electrons. The molecule has 0 bridgehead atoms. The number of aromatic nitrogens is 3. The number of anilines is 1. The highest BCUT2D eigenvalue weighted by molar-refractivity contribution is 7.98. The summed E-state index contributed by atoms with van der Waals surface area (Å²) in [7, 11) is 3.93. The highest BCUT2D eigenvalue weighted by Crippen LogP contribution is 2.22. The standard InChI is InChI=1S/C21H23N5OS/c1-15-12-19(26(2)3)25-21(24-15)28-14-16-7-9-17(10-8-16)20(27)23-13-18-6-4-5-11-22-18/h4-12H,13-14H2,1-3H3,(H,23,27). The van der Waals surface area contributed by atoms with Gasteiger partial charge in [0.1, 0.15) is 5.82 Å². The van der Waals surface area contributed by atoms with E-state index < -0.39 is 0 Å². The van der Waals surface area contributed by atoms with E-state index >= 15 is 0 Å². The molecule has 0 saturated carbocycles. The van der Waals surface area contributed by atoms with Gasteiger partial charge < -0.3 is 10.2 Å². The number of aryl methyl sites for hydroxylation is 1. The van der Waals surface area contributed by atoms with Crippen LogP contribution in [-0.4, -0.2) is 35.0 Å². The zero-order valence-corrected chi connectivity index (χ0v) is 17.0. The Hall–Kier alpha value is -2.93. The van der Waals surface area contributed by atoms with Crippen molar-refractivity contribution in [3.8, 4) is 0 Å². The quantitative estimate of drug-likeness (QED) is 0.490. The number of nitrogens with zero attached hydrogens (tertiary/aromatic N) is 4. The van der Waals surface area contributed by atoms with Crippen molar-refractivity contribution >= 4 is 23.5 Å². The lowest BCUT2D eigenvalue weighted by Gasteiger charge is -2.12. The highest BCUT2D eigenvalue weighted by Gasteiger charge is 2.08. The molecule has 2 aromatic heterocycles. The Morgan fingerprint density at radius 1 is 1.11 bits per heavy atom. The second-order valence-corrected chi connectivity index (χ2v) is 7.48. The minimum absolute atomic E-state index is 0.109. The molecule has 0 aliphatic rings. The molecular formula is C21H23N5OS. The molecule has 0 atom stereocenters. The summed E-state index contributed by atoms with van der Waals surface area (Å²) in [4.78, 5) is 27.5. The average Bonchev–Trinajstić information content (AvgIpc) is 2.71. The zero-order valence-electron chi connectivity index (χ0n) is 16.2. The fourth-order valence-corrected chi connectivity index (χ4v) is 3.35. The summed E-state index contributed by atoms with van der Waals surface area (Å²) in [5, 5.41) is 3.64. The van der Waals surface area contributed by atoms with Crippen LogP contribution in [0.5, 0.6) is 0 Å². The predicted molar refractivity (Wildman–Crippen MR) is 113 cm³/mol. The number of pyridine rings is 1. The van der Waals surface area contributed by atoms with E-state index in [-0.39, 0.29) is 5.91 Å². The maximum Gasteiger partial charge on any atom is 0.251 e. The van der Waals surface area contributed by atoms with Gasteiger partial charge in [0.15, 0.2) is 5.16 Å². The molecule has 3 aromatic rings. The number of rotatable bonds is 7. The molecule has 6 nitrogen and oxygen atoms in total. The molecule has 0 unspecified atom stereocenters. The number of benzene rings is 1. The molecule has 7 heteroatoms.